The van der Waals surface area contributed by atoms with Crippen molar-refractivity contribution in [2.24, 2.45) is 0 Å². The number of rotatable bonds is 5. The first-order valence-electron chi connectivity index (χ1n) is 6.94. The van der Waals surface area contributed by atoms with Crippen LogP contribution >= 0.6 is 11.6 Å². The lowest BCUT2D eigenvalue weighted by atomic mass is 9.95. The molecule has 2 rings (SSSR count). The first-order chi connectivity index (χ1) is 10.0. The van der Waals surface area contributed by atoms with Crippen molar-refractivity contribution in [2.45, 2.75) is 26.3 Å². The smallest absolute Gasteiger partial charge is 0.142 e. The Morgan fingerprint density at radius 3 is 2.52 bits per heavy atom. The molecule has 0 aromatic heterocycles. The minimum Gasteiger partial charge on any atom is -0.310 e. The molecular formula is C17H18ClF2N. The molecule has 112 valence electrons. The van der Waals surface area contributed by atoms with Crippen molar-refractivity contribution < 1.29 is 8.78 Å². The second-order valence-electron chi connectivity index (χ2n) is 5.06. The van der Waals surface area contributed by atoms with E-state index in [2.05, 4.69) is 5.32 Å². The van der Waals surface area contributed by atoms with Crippen LogP contribution in [0.2, 0.25) is 5.02 Å². The van der Waals surface area contributed by atoms with Gasteiger partial charge in [-0.3, -0.25) is 0 Å². The van der Waals surface area contributed by atoms with Gasteiger partial charge in [0.05, 0.1) is 5.02 Å². The van der Waals surface area contributed by atoms with Crippen LogP contribution in [0.3, 0.4) is 0 Å². The second-order valence-corrected chi connectivity index (χ2v) is 5.47. The summed E-state index contributed by atoms with van der Waals surface area (Å²) in [7, 11) is 0. The first kappa shape index (κ1) is 15.9. The van der Waals surface area contributed by atoms with E-state index < -0.39 is 5.82 Å². The van der Waals surface area contributed by atoms with E-state index in [4.69, 9.17) is 11.6 Å². The Bertz CT molecular complexity index is 628. The summed E-state index contributed by atoms with van der Waals surface area (Å²) in [4.78, 5) is 0. The van der Waals surface area contributed by atoms with Gasteiger partial charge >= 0.3 is 0 Å². The topological polar surface area (TPSA) is 12.0 Å². The number of likely N-dealkylation sites (N-methyl/N-ethyl adjacent to an activating group) is 1. The highest BCUT2D eigenvalue weighted by Gasteiger charge is 2.15. The zero-order valence-corrected chi connectivity index (χ0v) is 12.8. The van der Waals surface area contributed by atoms with Gasteiger partial charge in [-0.2, -0.15) is 0 Å². The number of nitrogens with one attached hydrogen (secondary N) is 1. The first-order valence-corrected chi connectivity index (χ1v) is 7.32. The summed E-state index contributed by atoms with van der Waals surface area (Å²) in [5.41, 5.74) is 2.76. The fourth-order valence-corrected chi connectivity index (χ4v) is 2.59. The van der Waals surface area contributed by atoms with Gasteiger partial charge in [0.15, 0.2) is 0 Å². The van der Waals surface area contributed by atoms with E-state index in [0.29, 0.717) is 6.42 Å². The van der Waals surface area contributed by atoms with Crippen molar-refractivity contribution >= 4 is 11.6 Å². The number of aryl methyl sites for hydroxylation is 1. The highest BCUT2D eigenvalue weighted by atomic mass is 35.5. The molecule has 0 saturated carbocycles. The fraction of sp³-hybridized carbons (Fsp3) is 0.294. The number of halogens is 3. The molecule has 0 saturated heterocycles. The van der Waals surface area contributed by atoms with Crippen molar-refractivity contribution in [2.75, 3.05) is 6.54 Å². The lowest BCUT2D eigenvalue weighted by Gasteiger charge is -2.21. The van der Waals surface area contributed by atoms with Crippen LogP contribution in [0.5, 0.6) is 0 Å². The molecule has 1 N–H and O–H groups in total. The van der Waals surface area contributed by atoms with Gasteiger partial charge in [-0.1, -0.05) is 30.7 Å². The molecule has 0 fully saturated rings. The third-order valence-electron chi connectivity index (χ3n) is 3.48. The molecule has 0 aliphatic rings. The molecule has 21 heavy (non-hydrogen) atoms. The van der Waals surface area contributed by atoms with E-state index >= 15 is 0 Å². The highest BCUT2D eigenvalue weighted by Crippen LogP contribution is 2.24. The molecule has 1 unspecified atom stereocenters. The van der Waals surface area contributed by atoms with Gasteiger partial charge in [0.25, 0.3) is 0 Å². The zero-order chi connectivity index (χ0) is 15.4. The average molecular weight is 310 g/mol. The summed E-state index contributed by atoms with van der Waals surface area (Å²) in [6, 6.07) is 9.59. The zero-order valence-electron chi connectivity index (χ0n) is 12.1. The van der Waals surface area contributed by atoms with Crippen molar-refractivity contribution in [3.8, 4) is 0 Å². The molecule has 0 aliphatic heterocycles. The van der Waals surface area contributed by atoms with Gasteiger partial charge in [-0.05, 0) is 60.8 Å². The van der Waals surface area contributed by atoms with E-state index in [1.165, 1.54) is 18.2 Å². The maximum atomic E-state index is 13.5. The maximum Gasteiger partial charge on any atom is 0.142 e. The van der Waals surface area contributed by atoms with Crippen LogP contribution in [0.1, 0.15) is 29.7 Å². The Balaban J connectivity index is 2.28. The Hall–Kier alpha value is -1.45. The van der Waals surface area contributed by atoms with Crippen molar-refractivity contribution in [1.82, 2.24) is 5.32 Å². The predicted molar refractivity (Wildman–Crippen MR) is 82.7 cm³/mol. The summed E-state index contributed by atoms with van der Waals surface area (Å²) in [5, 5.41) is 3.49. The quantitative estimate of drug-likeness (QED) is 0.835. The minimum atomic E-state index is -0.416. The standard InChI is InChI=1S/C17H18ClF2N/c1-3-21-17(14-6-5-13(19)8-11(14)2)10-12-4-7-15(18)16(20)9-12/h4-9,17,21H,3,10H2,1-2H3. The van der Waals surface area contributed by atoms with Crippen LogP contribution in [-0.2, 0) is 6.42 Å². The third kappa shape index (κ3) is 4.02. The van der Waals surface area contributed by atoms with Crippen molar-refractivity contribution in [1.29, 1.82) is 0 Å². The molecule has 1 nitrogen and oxygen atoms in total. The van der Waals surface area contributed by atoms with E-state index in [0.717, 1.165) is 23.2 Å². The van der Waals surface area contributed by atoms with Crippen molar-refractivity contribution in [3.05, 3.63) is 69.7 Å². The van der Waals surface area contributed by atoms with Crippen molar-refractivity contribution in [3.63, 3.8) is 0 Å². The molecule has 0 spiro atoms. The van der Waals surface area contributed by atoms with E-state index in [-0.39, 0.29) is 16.9 Å². The SMILES string of the molecule is CCNC(Cc1ccc(Cl)c(F)c1)c1ccc(F)cc1C. The van der Waals surface area contributed by atoms with E-state index in [9.17, 15) is 8.78 Å². The highest BCUT2D eigenvalue weighted by molar-refractivity contribution is 6.30. The van der Waals surface area contributed by atoms with Gasteiger partial charge < -0.3 is 5.32 Å². The third-order valence-corrected chi connectivity index (χ3v) is 3.79. The largest absolute Gasteiger partial charge is 0.310 e. The van der Waals surface area contributed by atoms with E-state index in [1.54, 1.807) is 12.1 Å². The summed E-state index contributed by atoms with van der Waals surface area (Å²) in [6.45, 7) is 4.66. The molecule has 0 bridgehead atoms. The van der Waals surface area contributed by atoms with Gasteiger partial charge in [0.2, 0.25) is 0 Å². The Morgan fingerprint density at radius 2 is 1.90 bits per heavy atom. The lowest BCUT2D eigenvalue weighted by molar-refractivity contribution is 0.542. The summed E-state index contributed by atoms with van der Waals surface area (Å²) < 4.78 is 26.8. The van der Waals surface area contributed by atoms with Crippen LogP contribution < -0.4 is 5.32 Å². The van der Waals surface area contributed by atoms with Crippen LogP contribution in [0.4, 0.5) is 8.78 Å². The van der Waals surface area contributed by atoms with Crippen LogP contribution in [0, 0.1) is 18.6 Å². The Morgan fingerprint density at radius 1 is 1.14 bits per heavy atom. The molecule has 0 heterocycles. The van der Waals surface area contributed by atoms with E-state index in [1.807, 2.05) is 19.9 Å². The molecule has 0 amide bonds. The van der Waals surface area contributed by atoms with Gasteiger partial charge in [0, 0.05) is 6.04 Å². The van der Waals surface area contributed by atoms with Gasteiger partial charge in [0.1, 0.15) is 11.6 Å². The van der Waals surface area contributed by atoms with Crippen LogP contribution in [0.15, 0.2) is 36.4 Å². The number of hydrogen-bond acceptors (Lipinski definition) is 1. The second kappa shape index (κ2) is 7.01. The maximum absolute atomic E-state index is 13.5. The summed E-state index contributed by atoms with van der Waals surface area (Å²) in [6.07, 6.45) is 0.619. The average Bonchev–Trinajstić information content (AvgIpc) is 2.42. The Kier molecular flexibility index (Phi) is 5.32. The van der Waals surface area contributed by atoms with Crippen LogP contribution in [0.25, 0.3) is 0 Å². The molecule has 4 heteroatoms. The van der Waals surface area contributed by atoms with Gasteiger partial charge in [-0.15, -0.1) is 0 Å². The fourth-order valence-electron chi connectivity index (χ4n) is 2.47. The normalized spacial score (nSPS) is 12.4. The lowest BCUT2D eigenvalue weighted by Crippen LogP contribution is -2.23. The molecule has 0 radical (unpaired) electrons. The number of hydrogen-bond donors (Lipinski definition) is 1. The summed E-state index contributed by atoms with van der Waals surface area (Å²) in [5.74, 6) is -0.663. The number of benzene rings is 2. The summed E-state index contributed by atoms with van der Waals surface area (Å²) >= 11 is 5.71. The molecule has 0 aliphatic carbocycles. The molecule has 1 atom stereocenters. The molecular weight excluding hydrogens is 292 g/mol. The predicted octanol–water partition coefficient (Wildman–Crippen LogP) is 4.82. The molecule has 2 aromatic carbocycles. The monoisotopic (exact) mass is 309 g/mol. The minimum absolute atomic E-state index is 0.0103. The molecule has 2 aromatic rings. The van der Waals surface area contributed by atoms with Crippen LogP contribution in [-0.4, -0.2) is 6.54 Å². The Labute approximate surface area is 128 Å². The van der Waals surface area contributed by atoms with Gasteiger partial charge in [-0.25, -0.2) is 8.78 Å².